The number of hydrogen-bond acceptors (Lipinski definition) is 6. The number of benzene rings is 1. The zero-order valence-corrected chi connectivity index (χ0v) is 14.4. The Balaban J connectivity index is 0.00000208. The molecule has 9 heteroatoms. The number of non-ortho nitro benzene ring substituents is 1. The van der Waals surface area contributed by atoms with Crippen molar-refractivity contribution in [1.82, 2.24) is 15.6 Å². The maximum absolute atomic E-state index is 12.2. The highest BCUT2D eigenvalue weighted by Crippen LogP contribution is 2.26. The van der Waals surface area contributed by atoms with Crippen molar-refractivity contribution in [1.29, 1.82) is 0 Å². The highest BCUT2D eigenvalue weighted by molar-refractivity contribution is 7.13. The molecule has 0 bridgehead atoms. The molecular weight excluding hydrogens is 352 g/mol. The van der Waals surface area contributed by atoms with Crippen LogP contribution in [0.15, 0.2) is 29.6 Å². The summed E-state index contributed by atoms with van der Waals surface area (Å²) in [5, 5.41) is 19.3. The van der Waals surface area contributed by atoms with Gasteiger partial charge in [0.25, 0.3) is 11.6 Å². The van der Waals surface area contributed by atoms with Crippen molar-refractivity contribution in [3.05, 3.63) is 45.5 Å². The molecule has 0 radical (unpaired) electrons. The number of amides is 1. The molecule has 2 N–H and O–H groups in total. The van der Waals surface area contributed by atoms with Gasteiger partial charge in [-0.1, -0.05) is 12.1 Å². The lowest BCUT2D eigenvalue weighted by Gasteiger charge is -2.23. The number of nitrogens with zero attached hydrogens (tertiary/aromatic N) is 2. The Kier molecular flexibility index (Phi) is 6.24. The number of carbonyl (C=O) groups excluding carboxylic acids is 1. The largest absolute Gasteiger partial charge is 0.347 e. The van der Waals surface area contributed by atoms with Crippen LogP contribution in [0.2, 0.25) is 0 Å². The first-order chi connectivity index (χ1) is 11.1. The number of carbonyl (C=O) groups is 1. The summed E-state index contributed by atoms with van der Waals surface area (Å²) >= 11 is 1.30. The van der Waals surface area contributed by atoms with Crippen molar-refractivity contribution in [3.8, 4) is 10.6 Å². The first-order valence-corrected chi connectivity index (χ1v) is 8.23. The van der Waals surface area contributed by atoms with E-state index in [2.05, 4.69) is 15.6 Å². The minimum Gasteiger partial charge on any atom is -0.347 e. The number of nitrogens with one attached hydrogen (secondary N) is 2. The molecule has 1 amide bonds. The first kappa shape index (κ1) is 18.3. The minimum absolute atomic E-state index is 0. The van der Waals surface area contributed by atoms with Gasteiger partial charge in [0.15, 0.2) is 0 Å². The van der Waals surface area contributed by atoms with Crippen molar-refractivity contribution in [2.24, 2.45) is 0 Å². The maximum Gasteiger partial charge on any atom is 0.271 e. The average molecular weight is 369 g/mol. The molecule has 0 aliphatic carbocycles. The van der Waals surface area contributed by atoms with Gasteiger partial charge in [-0.05, 0) is 19.4 Å². The SMILES string of the molecule is Cl.O=C(NC1CCCNC1)c1csc(-c2cccc([N+](=O)[O-])c2)n1. The third-order valence-electron chi connectivity index (χ3n) is 3.67. The predicted molar refractivity (Wildman–Crippen MR) is 94.8 cm³/mol. The summed E-state index contributed by atoms with van der Waals surface area (Å²) in [6, 6.07) is 6.38. The predicted octanol–water partition coefficient (Wildman–Crippen LogP) is 2.62. The van der Waals surface area contributed by atoms with Crippen LogP contribution in [0, 0.1) is 10.1 Å². The van der Waals surface area contributed by atoms with Gasteiger partial charge in [-0.15, -0.1) is 23.7 Å². The number of thiazole rings is 1. The molecule has 7 nitrogen and oxygen atoms in total. The van der Waals surface area contributed by atoms with Crippen LogP contribution in [-0.2, 0) is 0 Å². The number of piperidine rings is 1. The van der Waals surface area contributed by atoms with Crippen LogP contribution >= 0.6 is 23.7 Å². The summed E-state index contributed by atoms with van der Waals surface area (Å²) in [6.45, 7) is 1.76. The summed E-state index contributed by atoms with van der Waals surface area (Å²) in [4.78, 5) is 26.9. The lowest BCUT2D eigenvalue weighted by atomic mass is 10.1. The summed E-state index contributed by atoms with van der Waals surface area (Å²) in [5.41, 5.74) is 1.00. The third kappa shape index (κ3) is 4.28. The van der Waals surface area contributed by atoms with Gasteiger partial charge in [-0.2, -0.15) is 0 Å². The highest BCUT2D eigenvalue weighted by Gasteiger charge is 2.19. The van der Waals surface area contributed by atoms with Crippen LogP contribution < -0.4 is 10.6 Å². The number of hydrogen-bond donors (Lipinski definition) is 2. The molecule has 24 heavy (non-hydrogen) atoms. The lowest BCUT2D eigenvalue weighted by molar-refractivity contribution is -0.384. The van der Waals surface area contributed by atoms with Gasteiger partial charge in [-0.3, -0.25) is 14.9 Å². The molecule has 1 saturated heterocycles. The Morgan fingerprint density at radius 1 is 1.46 bits per heavy atom. The maximum atomic E-state index is 12.2. The van der Waals surface area contributed by atoms with Gasteiger partial charge in [-0.25, -0.2) is 4.98 Å². The van der Waals surface area contributed by atoms with E-state index < -0.39 is 4.92 Å². The molecule has 1 aliphatic rings. The average Bonchev–Trinajstić information content (AvgIpc) is 3.06. The monoisotopic (exact) mass is 368 g/mol. The molecule has 2 heterocycles. The van der Waals surface area contributed by atoms with Crippen LogP contribution in [0.3, 0.4) is 0 Å². The van der Waals surface area contributed by atoms with Crippen molar-refractivity contribution < 1.29 is 9.72 Å². The third-order valence-corrected chi connectivity index (χ3v) is 4.56. The second-order valence-electron chi connectivity index (χ2n) is 5.36. The molecule has 1 aliphatic heterocycles. The molecule has 1 fully saturated rings. The zero-order valence-electron chi connectivity index (χ0n) is 12.7. The van der Waals surface area contributed by atoms with Gasteiger partial charge in [0.2, 0.25) is 0 Å². The minimum atomic E-state index is -0.444. The van der Waals surface area contributed by atoms with Crippen molar-refractivity contribution in [2.45, 2.75) is 18.9 Å². The van der Waals surface area contributed by atoms with Gasteiger partial charge < -0.3 is 10.6 Å². The Bertz CT molecular complexity index is 731. The van der Waals surface area contributed by atoms with Crippen LogP contribution in [-0.4, -0.2) is 34.9 Å². The molecule has 128 valence electrons. The summed E-state index contributed by atoms with van der Waals surface area (Å²) in [7, 11) is 0. The van der Waals surface area contributed by atoms with Crippen molar-refractivity contribution >= 4 is 35.3 Å². The zero-order chi connectivity index (χ0) is 16.2. The van der Waals surface area contributed by atoms with Gasteiger partial charge in [0, 0.05) is 35.7 Å². The lowest BCUT2D eigenvalue weighted by Crippen LogP contribution is -2.45. The fourth-order valence-corrected chi connectivity index (χ4v) is 3.29. The first-order valence-electron chi connectivity index (χ1n) is 7.35. The second kappa shape index (κ2) is 8.18. The second-order valence-corrected chi connectivity index (χ2v) is 6.22. The van der Waals surface area contributed by atoms with E-state index in [-0.39, 0.29) is 30.0 Å². The van der Waals surface area contributed by atoms with E-state index in [0.29, 0.717) is 16.3 Å². The van der Waals surface area contributed by atoms with Gasteiger partial charge >= 0.3 is 0 Å². The van der Waals surface area contributed by atoms with E-state index in [1.807, 2.05) is 0 Å². The molecule has 1 aromatic carbocycles. The fraction of sp³-hybridized carbons (Fsp3) is 0.333. The summed E-state index contributed by atoms with van der Waals surface area (Å²) < 4.78 is 0. The fourth-order valence-electron chi connectivity index (χ4n) is 2.50. The van der Waals surface area contributed by atoms with Crippen molar-refractivity contribution in [3.63, 3.8) is 0 Å². The van der Waals surface area contributed by atoms with Gasteiger partial charge in [0.1, 0.15) is 10.7 Å². The molecule has 0 saturated carbocycles. The van der Waals surface area contributed by atoms with Gasteiger partial charge in [0.05, 0.1) is 4.92 Å². The number of halogens is 1. The summed E-state index contributed by atoms with van der Waals surface area (Å²) in [5.74, 6) is -0.202. The van der Waals surface area contributed by atoms with Crippen LogP contribution in [0.25, 0.3) is 10.6 Å². The van der Waals surface area contributed by atoms with Crippen LogP contribution in [0.4, 0.5) is 5.69 Å². The van der Waals surface area contributed by atoms with E-state index in [1.165, 1.54) is 23.5 Å². The number of nitro groups is 1. The Hall–Kier alpha value is -2.03. The van der Waals surface area contributed by atoms with E-state index in [1.54, 1.807) is 17.5 Å². The molecule has 1 unspecified atom stereocenters. The molecule has 2 aromatic rings. The Labute approximate surface area is 149 Å². The number of aromatic nitrogens is 1. The van der Waals surface area contributed by atoms with E-state index in [9.17, 15) is 14.9 Å². The Morgan fingerprint density at radius 2 is 2.29 bits per heavy atom. The number of rotatable bonds is 4. The quantitative estimate of drug-likeness (QED) is 0.638. The van der Waals surface area contributed by atoms with E-state index in [0.717, 1.165) is 25.9 Å². The highest BCUT2D eigenvalue weighted by atomic mass is 35.5. The molecule has 3 rings (SSSR count). The smallest absolute Gasteiger partial charge is 0.271 e. The van der Waals surface area contributed by atoms with E-state index >= 15 is 0 Å². The van der Waals surface area contributed by atoms with Crippen LogP contribution in [0.5, 0.6) is 0 Å². The molecule has 1 atom stereocenters. The number of nitro benzene ring substituents is 1. The summed E-state index contributed by atoms with van der Waals surface area (Å²) in [6.07, 6.45) is 2.00. The van der Waals surface area contributed by atoms with Crippen LogP contribution in [0.1, 0.15) is 23.3 Å². The Morgan fingerprint density at radius 3 is 3.00 bits per heavy atom. The molecular formula is C15H17ClN4O3S. The normalized spacial score (nSPS) is 16.9. The molecule has 0 spiro atoms. The standard InChI is InChI=1S/C15H16N4O3S.ClH/c20-14(17-11-4-2-6-16-8-11)13-9-23-15(18-13)10-3-1-5-12(7-10)19(21)22;/h1,3,5,7,9,11,16H,2,4,6,8H2,(H,17,20);1H. The van der Waals surface area contributed by atoms with Crippen molar-refractivity contribution in [2.75, 3.05) is 13.1 Å². The van der Waals surface area contributed by atoms with E-state index in [4.69, 9.17) is 0 Å². The topological polar surface area (TPSA) is 97.2 Å². The molecule has 1 aromatic heterocycles.